The highest BCUT2D eigenvalue weighted by Crippen LogP contribution is 2.27. The van der Waals surface area contributed by atoms with Crippen LogP contribution < -0.4 is 10.1 Å². The average Bonchev–Trinajstić information content (AvgIpc) is 2.97. The Balaban J connectivity index is 2.26. The molecular weight excluding hydrogens is 372 g/mol. The fraction of sp³-hybridized carbons (Fsp3) is 0.267. The summed E-state index contributed by atoms with van der Waals surface area (Å²) in [7, 11) is 0.490. The van der Waals surface area contributed by atoms with E-state index in [4.69, 9.17) is 16.3 Å². The molecule has 0 bridgehead atoms. The minimum Gasteiger partial charge on any atom is -0.495 e. The molecule has 1 heterocycles. The summed E-state index contributed by atoms with van der Waals surface area (Å²) in [4.78, 5) is 13.1. The molecule has 0 unspecified atom stereocenters. The largest absolute Gasteiger partial charge is 0.495 e. The van der Waals surface area contributed by atoms with E-state index < -0.39 is 10.0 Å². The van der Waals surface area contributed by atoms with E-state index in [9.17, 15) is 13.2 Å². The molecule has 0 saturated carbocycles. The van der Waals surface area contributed by atoms with Crippen LogP contribution in [0.3, 0.4) is 0 Å². The first-order chi connectivity index (χ1) is 11.3. The average molecular weight is 389 g/mol. The van der Waals surface area contributed by atoms with Crippen molar-refractivity contribution in [2.45, 2.75) is 11.4 Å². The summed E-state index contributed by atoms with van der Waals surface area (Å²) in [5.41, 5.74) is 0.235. The van der Waals surface area contributed by atoms with E-state index in [0.717, 1.165) is 9.18 Å². The van der Waals surface area contributed by atoms with Gasteiger partial charge >= 0.3 is 0 Å². The van der Waals surface area contributed by atoms with Gasteiger partial charge in [0, 0.05) is 24.5 Å². The maximum atomic E-state index is 12.4. The van der Waals surface area contributed by atoms with E-state index in [-0.39, 0.29) is 22.1 Å². The zero-order valence-electron chi connectivity index (χ0n) is 13.4. The van der Waals surface area contributed by atoms with Crippen molar-refractivity contribution in [2.75, 3.05) is 21.2 Å². The van der Waals surface area contributed by atoms with Crippen LogP contribution in [0.4, 0.5) is 0 Å². The van der Waals surface area contributed by atoms with Crippen molar-refractivity contribution in [3.8, 4) is 5.75 Å². The van der Waals surface area contributed by atoms with Crippen LogP contribution in [-0.4, -0.2) is 39.8 Å². The zero-order valence-corrected chi connectivity index (χ0v) is 15.8. The van der Waals surface area contributed by atoms with E-state index >= 15 is 0 Å². The number of methoxy groups -OCH3 is 1. The van der Waals surface area contributed by atoms with Gasteiger partial charge in [-0.05, 0) is 30.3 Å². The highest BCUT2D eigenvalue weighted by molar-refractivity contribution is 7.89. The van der Waals surface area contributed by atoms with Gasteiger partial charge < -0.3 is 10.1 Å². The zero-order chi connectivity index (χ0) is 17.9. The topological polar surface area (TPSA) is 75.7 Å². The second kappa shape index (κ2) is 7.52. The van der Waals surface area contributed by atoms with Crippen molar-refractivity contribution in [3.63, 3.8) is 0 Å². The Bertz CT molecular complexity index is 847. The fourth-order valence-electron chi connectivity index (χ4n) is 1.93. The third-order valence-corrected chi connectivity index (χ3v) is 6.30. The van der Waals surface area contributed by atoms with Gasteiger partial charge in [-0.3, -0.25) is 4.79 Å². The maximum absolute atomic E-state index is 12.4. The third kappa shape index (κ3) is 4.07. The molecule has 0 radical (unpaired) electrons. The van der Waals surface area contributed by atoms with E-state index in [1.165, 1.54) is 50.7 Å². The molecule has 1 aromatic carbocycles. The van der Waals surface area contributed by atoms with Crippen LogP contribution in [0, 0.1) is 0 Å². The van der Waals surface area contributed by atoms with E-state index in [2.05, 4.69) is 5.32 Å². The van der Waals surface area contributed by atoms with Gasteiger partial charge in [-0.2, -0.15) is 0 Å². The Kier molecular flexibility index (Phi) is 5.87. The minimum atomic E-state index is -3.73. The van der Waals surface area contributed by atoms with Gasteiger partial charge in [0.25, 0.3) is 5.91 Å². The molecule has 2 rings (SSSR count). The number of hydrogen-bond acceptors (Lipinski definition) is 5. The van der Waals surface area contributed by atoms with Crippen molar-refractivity contribution < 1.29 is 17.9 Å². The van der Waals surface area contributed by atoms with Crippen molar-refractivity contribution in [2.24, 2.45) is 0 Å². The van der Waals surface area contributed by atoms with Crippen molar-refractivity contribution in [1.82, 2.24) is 9.62 Å². The summed E-state index contributed by atoms with van der Waals surface area (Å²) in [5.74, 6) is -0.192. The Morgan fingerprint density at radius 2 is 2.00 bits per heavy atom. The summed E-state index contributed by atoms with van der Waals surface area (Å²) in [6.07, 6.45) is 0. The van der Waals surface area contributed by atoms with Gasteiger partial charge in [0.15, 0.2) is 0 Å². The molecule has 24 heavy (non-hydrogen) atoms. The van der Waals surface area contributed by atoms with Crippen molar-refractivity contribution in [1.29, 1.82) is 0 Å². The fourth-order valence-corrected chi connectivity index (χ4v) is 4.03. The number of rotatable bonds is 6. The molecule has 0 aliphatic rings. The third-order valence-electron chi connectivity index (χ3n) is 3.24. The lowest BCUT2D eigenvalue weighted by molar-refractivity contribution is 0.0951. The predicted octanol–water partition coefficient (Wildman–Crippen LogP) is 2.59. The van der Waals surface area contributed by atoms with E-state index in [0.29, 0.717) is 10.9 Å². The second-order valence-electron chi connectivity index (χ2n) is 5.04. The Hall–Kier alpha value is -1.61. The monoisotopic (exact) mass is 388 g/mol. The van der Waals surface area contributed by atoms with E-state index in [1.54, 1.807) is 6.07 Å². The van der Waals surface area contributed by atoms with Gasteiger partial charge in [0.05, 0.1) is 18.0 Å². The number of ether oxygens (including phenoxy) is 1. The molecule has 0 atom stereocenters. The highest BCUT2D eigenvalue weighted by Gasteiger charge is 2.23. The normalized spacial score (nSPS) is 11.5. The molecule has 1 amide bonds. The summed E-state index contributed by atoms with van der Waals surface area (Å²) >= 11 is 7.22. The summed E-state index contributed by atoms with van der Waals surface area (Å²) in [6.45, 7) is 0.317. The highest BCUT2D eigenvalue weighted by atomic mass is 35.5. The predicted molar refractivity (Wildman–Crippen MR) is 94.4 cm³/mol. The molecule has 0 aliphatic heterocycles. The molecule has 130 valence electrons. The van der Waals surface area contributed by atoms with Gasteiger partial charge in [-0.1, -0.05) is 11.6 Å². The number of carbonyl (C=O) groups is 1. The lowest BCUT2D eigenvalue weighted by atomic mass is 10.2. The molecule has 1 N–H and O–H groups in total. The molecule has 0 saturated heterocycles. The number of thiophene rings is 1. The first-order valence-corrected chi connectivity index (χ1v) is 9.52. The molecule has 9 heteroatoms. The van der Waals surface area contributed by atoms with Crippen LogP contribution in [0.1, 0.15) is 15.2 Å². The van der Waals surface area contributed by atoms with Crippen LogP contribution in [0.5, 0.6) is 5.75 Å². The van der Waals surface area contributed by atoms with E-state index in [1.807, 2.05) is 6.07 Å². The number of nitrogens with one attached hydrogen (secondary N) is 1. The molecule has 0 fully saturated rings. The SMILES string of the molecule is COc1ccc(C(=O)NCc2ccc(Cl)s2)cc1S(=O)(=O)N(C)C. The van der Waals surface area contributed by atoms with Crippen molar-refractivity contribution >= 4 is 38.9 Å². The number of hydrogen-bond donors (Lipinski definition) is 1. The quantitative estimate of drug-likeness (QED) is 0.825. The lowest BCUT2D eigenvalue weighted by Crippen LogP contribution is -2.25. The van der Waals surface area contributed by atoms with Gasteiger partial charge in [-0.15, -0.1) is 11.3 Å². The first-order valence-electron chi connectivity index (χ1n) is 6.88. The van der Waals surface area contributed by atoms with Gasteiger partial charge in [-0.25, -0.2) is 12.7 Å². The van der Waals surface area contributed by atoms with Crippen LogP contribution in [-0.2, 0) is 16.6 Å². The minimum absolute atomic E-state index is 0.0539. The van der Waals surface area contributed by atoms with Crippen LogP contribution in [0.2, 0.25) is 4.34 Å². The molecular formula is C15H17ClN2O4S2. The summed E-state index contributed by atoms with van der Waals surface area (Å²) < 4.78 is 31.5. The second-order valence-corrected chi connectivity index (χ2v) is 8.96. The molecule has 0 spiro atoms. The number of nitrogens with zero attached hydrogens (tertiary/aromatic N) is 1. The van der Waals surface area contributed by atoms with Gasteiger partial charge in [0.1, 0.15) is 10.6 Å². The van der Waals surface area contributed by atoms with Gasteiger partial charge in [0.2, 0.25) is 10.0 Å². The van der Waals surface area contributed by atoms with Crippen molar-refractivity contribution in [3.05, 3.63) is 45.1 Å². The summed E-state index contributed by atoms with van der Waals surface area (Å²) in [6, 6.07) is 7.87. The molecule has 2 aromatic rings. The Morgan fingerprint density at radius 3 is 2.54 bits per heavy atom. The standard InChI is InChI=1S/C15H17ClN2O4S2/c1-18(2)24(20,21)13-8-10(4-6-12(13)22-3)15(19)17-9-11-5-7-14(16)23-11/h4-8H,9H2,1-3H3,(H,17,19). The summed E-state index contributed by atoms with van der Waals surface area (Å²) in [5, 5.41) is 2.74. The Morgan fingerprint density at radius 1 is 1.29 bits per heavy atom. The number of halogens is 1. The van der Waals surface area contributed by atoms with Crippen LogP contribution in [0.25, 0.3) is 0 Å². The number of carbonyl (C=O) groups excluding carboxylic acids is 1. The van der Waals surface area contributed by atoms with Crippen LogP contribution >= 0.6 is 22.9 Å². The molecule has 6 nitrogen and oxygen atoms in total. The molecule has 0 aliphatic carbocycles. The number of sulfonamides is 1. The maximum Gasteiger partial charge on any atom is 0.251 e. The first kappa shape index (κ1) is 18.7. The van der Waals surface area contributed by atoms with Crippen LogP contribution in [0.15, 0.2) is 35.2 Å². The number of amides is 1. The Labute approximate surface area is 150 Å². The smallest absolute Gasteiger partial charge is 0.251 e. The molecule has 1 aromatic heterocycles. The number of benzene rings is 1. The lowest BCUT2D eigenvalue weighted by Gasteiger charge is -2.15.